The van der Waals surface area contributed by atoms with Gasteiger partial charge in [-0.1, -0.05) is 13.3 Å². The molecular formula is C13H15N3O3S. The highest BCUT2D eigenvalue weighted by Gasteiger charge is 2.14. The van der Waals surface area contributed by atoms with Gasteiger partial charge in [0.25, 0.3) is 5.91 Å². The lowest BCUT2D eigenvalue weighted by Gasteiger charge is -1.97. The number of thiophene rings is 1. The van der Waals surface area contributed by atoms with E-state index in [0.29, 0.717) is 4.88 Å². The van der Waals surface area contributed by atoms with E-state index in [1.165, 1.54) is 23.0 Å². The van der Waals surface area contributed by atoms with Crippen LogP contribution in [0.15, 0.2) is 12.1 Å². The summed E-state index contributed by atoms with van der Waals surface area (Å²) in [4.78, 5) is 24.5. The normalized spacial score (nSPS) is 10.5. The number of aromatic amines is 1. The molecule has 0 saturated heterocycles. The maximum Gasteiger partial charge on any atom is 0.353 e. The number of carboxylic acid groups (broad SMARTS) is 1. The summed E-state index contributed by atoms with van der Waals surface area (Å²) in [6, 6.07) is 3.16. The first-order valence-electron chi connectivity index (χ1n) is 6.20. The molecule has 2 aromatic rings. The zero-order chi connectivity index (χ0) is 14.7. The van der Waals surface area contributed by atoms with Crippen molar-refractivity contribution in [2.75, 3.05) is 5.32 Å². The van der Waals surface area contributed by atoms with Gasteiger partial charge in [-0.3, -0.25) is 9.89 Å². The molecule has 20 heavy (non-hydrogen) atoms. The minimum absolute atomic E-state index is 0.0608. The van der Waals surface area contributed by atoms with Crippen LogP contribution in [0.5, 0.6) is 0 Å². The fourth-order valence-electron chi connectivity index (χ4n) is 1.82. The third kappa shape index (κ3) is 3.05. The fourth-order valence-corrected chi connectivity index (χ4v) is 2.79. The van der Waals surface area contributed by atoms with Crippen LogP contribution in [-0.2, 0) is 6.42 Å². The highest BCUT2D eigenvalue weighted by Crippen LogP contribution is 2.23. The average Bonchev–Trinajstić information content (AvgIpc) is 2.98. The summed E-state index contributed by atoms with van der Waals surface area (Å²) in [6.45, 7) is 4.08. The SMILES string of the molecule is CCCc1cc(C(=O)Nc2cc(C(=O)O)[nH]n2)sc1C. The molecule has 0 unspecified atom stereocenters. The lowest BCUT2D eigenvalue weighted by Crippen LogP contribution is -2.10. The number of aryl methyl sites for hydroxylation is 2. The van der Waals surface area contributed by atoms with E-state index < -0.39 is 5.97 Å². The van der Waals surface area contributed by atoms with Crippen molar-refractivity contribution in [3.63, 3.8) is 0 Å². The Hall–Kier alpha value is -2.15. The summed E-state index contributed by atoms with van der Waals surface area (Å²) in [5.41, 5.74) is 1.12. The van der Waals surface area contributed by atoms with Gasteiger partial charge in [0.2, 0.25) is 0 Å². The Balaban J connectivity index is 2.11. The van der Waals surface area contributed by atoms with Crippen molar-refractivity contribution >= 4 is 29.0 Å². The molecule has 7 heteroatoms. The number of aromatic nitrogens is 2. The van der Waals surface area contributed by atoms with E-state index >= 15 is 0 Å². The molecule has 0 aromatic carbocycles. The summed E-state index contributed by atoms with van der Waals surface area (Å²) in [6.07, 6.45) is 1.97. The van der Waals surface area contributed by atoms with Gasteiger partial charge in [0.05, 0.1) is 4.88 Å². The number of nitrogens with zero attached hydrogens (tertiary/aromatic N) is 1. The molecule has 0 saturated carbocycles. The van der Waals surface area contributed by atoms with Gasteiger partial charge in [-0.05, 0) is 25.0 Å². The molecule has 0 aliphatic heterocycles. The molecule has 2 rings (SSSR count). The molecule has 2 heterocycles. The minimum atomic E-state index is -1.12. The molecule has 2 aromatic heterocycles. The van der Waals surface area contributed by atoms with Crippen molar-refractivity contribution in [1.82, 2.24) is 10.2 Å². The number of amides is 1. The lowest BCUT2D eigenvalue weighted by molar-refractivity contribution is 0.0690. The molecule has 0 bridgehead atoms. The van der Waals surface area contributed by atoms with Crippen molar-refractivity contribution < 1.29 is 14.7 Å². The Morgan fingerprint density at radius 1 is 1.45 bits per heavy atom. The average molecular weight is 293 g/mol. The van der Waals surface area contributed by atoms with E-state index in [2.05, 4.69) is 22.4 Å². The highest BCUT2D eigenvalue weighted by molar-refractivity contribution is 7.14. The molecule has 3 N–H and O–H groups in total. The number of anilines is 1. The Morgan fingerprint density at radius 3 is 2.80 bits per heavy atom. The molecule has 0 fully saturated rings. The van der Waals surface area contributed by atoms with Crippen LogP contribution in [0.25, 0.3) is 0 Å². The number of hydrogen-bond donors (Lipinski definition) is 3. The molecule has 106 valence electrons. The lowest BCUT2D eigenvalue weighted by atomic mass is 10.1. The van der Waals surface area contributed by atoms with E-state index in [1.807, 2.05) is 13.0 Å². The Labute approximate surface area is 119 Å². The van der Waals surface area contributed by atoms with E-state index in [9.17, 15) is 9.59 Å². The molecular weight excluding hydrogens is 278 g/mol. The first-order chi connectivity index (χ1) is 9.51. The van der Waals surface area contributed by atoms with Crippen LogP contribution in [0.2, 0.25) is 0 Å². The number of H-pyrrole nitrogens is 1. The zero-order valence-electron chi connectivity index (χ0n) is 11.2. The Morgan fingerprint density at radius 2 is 2.20 bits per heavy atom. The van der Waals surface area contributed by atoms with Crippen LogP contribution < -0.4 is 5.32 Å². The van der Waals surface area contributed by atoms with Gasteiger partial charge in [-0.2, -0.15) is 5.10 Å². The first-order valence-corrected chi connectivity index (χ1v) is 7.02. The van der Waals surface area contributed by atoms with Gasteiger partial charge in [0, 0.05) is 10.9 Å². The Bertz CT molecular complexity index is 645. The molecule has 0 aliphatic carbocycles. The topological polar surface area (TPSA) is 95.1 Å². The second-order valence-electron chi connectivity index (χ2n) is 4.37. The summed E-state index contributed by atoms with van der Waals surface area (Å²) in [7, 11) is 0. The summed E-state index contributed by atoms with van der Waals surface area (Å²) >= 11 is 1.43. The molecule has 0 atom stereocenters. The third-order valence-electron chi connectivity index (χ3n) is 2.81. The van der Waals surface area contributed by atoms with E-state index in [1.54, 1.807) is 0 Å². The van der Waals surface area contributed by atoms with Crippen LogP contribution in [0.1, 0.15) is 43.9 Å². The third-order valence-corrected chi connectivity index (χ3v) is 3.91. The van der Waals surface area contributed by atoms with Crippen LogP contribution in [-0.4, -0.2) is 27.2 Å². The van der Waals surface area contributed by atoms with Crippen molar-refractivity contribution in [2.45, 2.75) is 26.7 Å². The van der Waals surface area contributed by atoms with Crippen LogP contribution in [0.4, 0.5) is 5.82 Å². The number of hydrogen-bond acceptors (Lipinski definition) is 4. The maximum absolute atomic E-state index is 12.1. The van der Waals surface area contributed by atoms with Crippen molar-refractivity contribution in [3.8, 4) is 0 Å². The fraction of sp³-hybridized carbons (Fsp3) is 0.308. The molecule has 6 nitrogen and oxygen atoms in total. The molecule has 0 aliphatic rings. The predicted molar refractivity (Wildman–Crippen MR) is 76.6 cm³/mol. The van der Waals surface area contributed by atoms with Crippen LogP contribution in [0, 0.1) is 6.92 Å². The van der Waals surface area contributed by atoms with Crippen LogP contribution in [0.3, 0.4) is 0 Å². The first kappa shape index (κ1) is 14.3. The van der Waals surface area contributed by atoms with E-state index in [0.717, 1.165) is 17.7 Å². The minimum Gasteiger partial charge on any atom is -0.477 e. The predicted octanol–water partition coefficient (Wildman–Crippen LogP) is 2.68. The smallest absolute Gasteiger partial charge is 0.353 e. The summed E-state index contributed by atoms with van der Waals surface area (Å²) in [5, 5.41) is 17.4. The molecule has 0 radical (unpaired) electrons. The summed E-state index contributed by atoms with van der Waals surface area (Å²) < 4.78 is 0. The number of carboxylic acids is 1. The van der Waals surface area contributed by atoms with Gasteiger partial charge in [-0.15, -0.1) is 11.3 Å². The molecule has 0 spiro atoms. The number of aromatic carboxylic acids is 1. The van der Waals surface area contributed by atoms with Gasteiger partial charge in [0.15, 0.2) is 5.82 Å². The number of carbonyl (C=O) groups excluding carboxylic acids is 1. The quantitative estimate of drug-likeness (QED) is 0.789. The second-order valence-corrected chi connectivity index (χ2v) is 5.62. The number of nitrogens with one attached hydrogen (secondary N) is 2. The maximum atomic E-state index is 12.1. The van der Waals surface area contributed by atoms with Gasteiger partial charge in [-0.25, -0.2) is 4.79 Å². The van der Waals surface area contributed by atoms with E-state index in [-0.39, 0.29) is 17.4 Å². The number of rotatable bonds is 5. The van der Waals surface area contributed by atoms with E-state index in [4.69, 9.17) is 5.11 Å². The van der Waals surface area contributed by atoms with Crippen molar-refractivity contribution in [3.05, 3.63) is 33.1 Å². The monoisotopic (exact) mass is 293 g/mol. The van der Waals surface area contributed by atoms with Gasteiger partial charge < -0.3 is 10.4 Å². The van der Waals surface area contributed by atoms with Gasteiger partial charge >= 0.3 is 5.97 Å². The highest BCUT2D eigenvalue weighted by atomic mass is 32.1. The Kier molecular flexibility index (Phi) is 4.19. The zero-order valence-corrected chi connectivity index (χ0v) is 12.0. The van der Waals surface area contributed by atoms with Gasteiger partial charge in [0.1, 0.15) is 5.69 Å². The van der Waals surface area contributed by atoms with Crippen molar-refractivity contribution in [2.24, 2.45) is 0 Å². The van der Waals surface area contributed by atoms with Crippen molar-refractivity contribution in [1.29, 1.82) is 0 Å². The van der Waals surface area contributed by atoms with Crippen LogP contribution >= 0.6 is 11.3 Å². The molecule has 1 amide bonds. The summed E-state index contributed by atoms with van der Waals surface area (Å²) in [5.74, 6) is -1.19. The standard InChI is InChI=1S/C13H15N3O3S/c1-3-4-8-5-10(20-7(8)2)12(17)14-11-6-9(13(18)19)15-16-11/h5-6H,3-4H2,1-2H3,(H,18,19)(H2,14,15,16,17). The largest absolute Gasteiger partial charge is 0.477 e. The second kappa shape index (κ2) is 5.87. The number of carbonyl (C=O) groups is 2.